The zero-order valence-corrected chi connectivity index (χ0v) is 18.6. The molecule has 6 heteroatoms. The van der Waals surface area contributed by atoms with E-state index in [-0.39, 0.29) is 17.7 Å². The van der Waals surface area contributed by atoms with Gasteiger partial charge >= 0.3 is 0 Å². The van der Waals surface area contributed by atoms with Gasteiger partial charge in [0, 0.05) is 42.4 Å². The zero-order valence-electron chi connectivity index (χ0n) is 18.6. The standard InChI is InChI=1S/C26H29N3O3/c1-26(2,28-24(30)20-8-4-3-5-9-20)25(31)29-12-13-32-18-19(17-29)14-22-16-27-15-21-10-6-7-11-23(21)22/h3-11,15-16,19H,12-14,17-18H2,1-2H3,(H,28,30)/t19-/m0/s1. The van der Waals surface area contributed by atoms with Crippen molar-refractivity contribution in [3.63, 3.8) is 0 Å². The lowest BCUT2D eigenvalue weighted by Gasteiger charge is -2.33. The molecular weight excluding hydrogens is 402 g/mol. The van der Waals surface area contributed by atoms with Gasteiger partial charge in [0.25, 0.3) is 5.91 Å². The minimum Gasteiger partial charge on any atom is -0.379 e. The summed E-state index contributed by atoms with van der Waals surface area (Å²) in [5, 5.41) is 5.19. The zero-order chi connectivity index (χ0) is 22.6. The molecule has 1 aromatic heterocycles. The Morgan fingerprint density at radius 3 is 2.66 bits per heavy atom. The normalized spacial score (nSPS) is 17.1. The third-order valence-electron chi connectivity index (χ3n) is 5.88. The number of aromatic nitrogens is 1. The van der Waals surface area contributed by atoms with Crippen molar-refractivity contribution in [3.8, 4) is 0 Å². The lowest BCUT2D eigenvalue weighted by molar-refractivity contribution is -0.137. The number of nitrogens with one attached hydrogen (secondary N) is 1. The number of hydrogen-bond donors (Lipinski definition) is 1. The second-order valence-electron chi connectivity index (χ2n) is 8.86. The molecule has 4 rings (SSSR count). The number of rotatable bonds is 5. The summed E-state index contributed by atoms with van der Waals surface area (Å²) in [7, 11) is 0. The predicted molar refractivity (Wildman–Crippen MR) is 124 cm³/mol. The number of carbonyl (C=O) groups is 2. The lowest BCUT2D eigenvalue weighted by Crippen LogP contribution is -2.56. The minimum atomic E-state index is -1.02. The summed E-state index contributed by atoms with van der Waals surface area (Å²) < 4.78 is 5.83. The SMILES string of the molecule is CC(C)(NC(=O)c1ccccc1)C(=O)N1CCOC[C@@H](Cc2cncc3ccccc23)C1. The molecule has 1 atom stereocenters. The molecule has 166 valence electrons. The van der Waals surface area contributed by atoms with Gasteiger partial charge in [-0.25, -0.2) is 0 Å². The van der Waals surface area contributed by atoms with Crippen LogP contribution in [-0.4, -0.2) is 53.5 Å². The van der Waals surface area contributed by atoms with E-state index in [4.69, 9.17) is 4.74 Å². The van der Waals surface area contributed by atoms with Crippen molar-refractivity contribution in [2.24, 2.45) is 5.92 Å². The fraction of sp³-hybridized carbons (Fsp3) is 0.346. The Morgan fingerprint density at radius 2 is 1.84 bits per heavy atom. The molecule has 3 aromatic rings. The van der Waals surface area contributed by atoms with Crippen LogP contribution in [0.4, 0.5) is 0 Å². The van der Waals surface area contributed by atoms with Crippen molar-refractivity contribution in [1.29, 1.82) is 0 Å². The summed E-state index contributed by atoms with van der Waals surface area (Å²) in [4.78, 5) is 32.2. The number of fused-ring (bicyclic) bond motifs is 1. The summed E-state index contributed by atoms with van der Waals surface area (Å²) in [5.74, 6) is -0.212. The van der Waals surface area contributed by atoms with Crippen LogP contribution in [0, 0.1) is 5.92 Å². The van der Waals surface area contributed by atoms with Crippen LogP contribution in [0.1, 0.15) is 29.8 Å². The maximum atomic E-state index is 13.4. The van der Waals surface area contributed by atoms with Crippen LogP contribution in [0.2, 0.25) is 0 Å². The highest BCUT2D eigenvalue weighted by Gasteiger charge is 2.35. The first-order valence-corrected chi connectivity index (χ1v) is 11.0. The first-order valence-electron chi connectivity index (χ1n) is 11.0. The Kier molecular flexibility index (Phi) is 6.51. The molecule has 1 aliphatic heterocycles. The summed E-state index contributed by atoms with van der Waals surface area (Å²) in [6, 6.07) is 17.2. The highest BCUT2D eigenvalue weighted by molar-refractivity contribution is 5.98. The fourth-order valence-corrected chi connectivity index (χ4v) is 4.24. The average molecular weight is 432 g/mol. The number of benzene rings is 2. The number of hydrogen-bond acceptors (Lipinski definition) is 4. The van der Waals surface area contributed by atoms with Crippen LogP contribution in [-0.2, 0) is 16.0 Å². The van der Waals surface area contributed by atoms with Crippen LogP contribution in [0.5, 0.6) is 0 Å². The van der Waals surface area contributed by atoms with Gasteiger partial charge in [-0.2, -0.15) is 0 Å². The van der Waals surface area contributed by atoms with Gasteiger partial charge in [0.1, 0.15) is 5.54 Å². The van der Waals surface area contributed by atoms with Gasteiger partial charge < -0.3 is 15.0 Å². The van der Waals surface area contributed by atoms with Gasteiger partial charge in [0.2, 0.25) is 5.91 Å². The summed E-state index contributed by atoms with van der Waals surface area (Å²) >= 11 is 0. The molecule has 1 fully saturated rings. The van der Waals surface area contributed by atoms with Crippen molar-refractivity contribution in [3.05, 3.63) is 78.1 Å². The number of ether oxygens (including phenoxy) is 1. The van der Waals surface area contributed by atoms with Gasteiger partial charge in [-0.1, -0.05) is 42.5 Å². The molecule has 2 aromatic carbocycles. The van der Waals surface area contributed by atoms with E-state index in [9.17, 15) is 9.59 Å². The minimum absolute atomic E-state index is 0.103. The Bertz CT molecular complexity index is 1090. The molecule has 0 saturated carbocycles. The van der Waals surface area contributed by atoms with E-state index in [1.165, 1.54) is 5.39 Å². The third-order valence-corrected chi connectivity index (χ3v) is 5.88. The van der Waals surface area contributed by atoms with Crippen molar-refractivity contribution in [1.82, 2.24) is 15.2 Å². The fourth-order valence-electron chi connectivity index (χ4n) is 4.24. The number of amides is 2. The number of pyridine rings is 1. The summed E-state index contributed by atoms with van der Waals surface area (Å²) in [6.45, 7) is 5.67. The van der Waals surface area contributed by atoms with Crippen molar-refractivity contribution < 1.29 is 14.3 Å². The lowest BCUT2D eigenvalue weighted by atomic mass is 9.95. The van der Waals surface area contributed by atoms with Crippen molar-refractivity contribution in [2.75, 3.05) is 26.3 Å². The molecule has 32 heavy (non-hydrogen) atoms. The predicted octanol–water partition coefficient (Wildman–Crippen LogP) is 3.46. The second kappa shape index (κ2) is 9.49. The summed E-state index contributed by atoms with van der Waals surface area (Å²) in [6.07, 6.45) is 4.55. The highest BCUT2D eigenvalue weighted by atomic mass is 16.5. The molecule has 2 amide bonds. The van der Waals surface area contributed by atoms with E-state index in [0.717, 1.165) is 17.4 Å². The Morgan fingerprint density at radius 1 is 1.09 bits per heavy atom. The highest BCUT2D eigenvalue weighted by Crippen LogP contribution is 2.22. The molecule has 0 radical (unpaired) electrons. The van der Waals surface area contributed by atoms with Crippen LogP contribution >= 0.6 is 0 Å². The van der Waals surface area contributed by atoms with E-state index in [2.05, 4.69) is 22.4 Å². The monoisotopic (exact) mass is 431 g/mol. The van der Waals surface area contributed by atoms with Crippen LogP contribution in [0.15, 0.2) is 67.0 Å². The molecule has 1 aliphatic rings. The van der Waals surface area contributed by atoms with Crippen molar-refractivity contribution >= 4 is 22.6 Å². The molecular formula is C26H29N3O3. The third kappa shape index (κ3) is 4.97. The summed E-state index contributed by atoms with van der Waals surface area (Å²) in [5.41, 5.74) is 0.666. The Hall–Kier alpha value is -3.25. The van der Waals surface area contributed by atoms with Gasteiger partial charge in [-0.05, 0) is 43.4 Å². The van der Waals surface area contributed by atoms with E-state index < -0.39 is 5.54 Å². The first-order chi connectivity index (χ1) is 15.4. The maximum Gasteiger partial charge on any atom is 0.252 e. The van der Waals surface area contributed by atoms with E-state index in [0.29, 0.717) is 31.9 Å². The van der Waals surface area contributed by atoms with Gasteiger partial charge in [-0.15, -0.1) is 0 Å². The second-order valence-corrected chi connectivity index (χ2v) is 8.86. The largest absolute Gasteiger partial charge is 0.379 e. The first kappa shape index (κ1) is 22.0. The quantitative estimate of drug-likeness (QED) is 0.672. The van der Waals surface area contributed by atoms with E-state index in [1.54, 1.807) is 26.0 Å². The Balaban J connectivity index is 1.47. The van der Waals surface area contributed by atoms with Crippen molar-refractivity contribution in [2.45, 2.75) is 25.8 Å². The molecule has 2 heterocycles. The smallest absolute Gasteiger partial charge is 0.252 e. The molecule has 0 spiro atoms. The van der Waals surface area contributed by atoms with Crippen LogP contribution < -0.4 is 5.32 Å². The van der Waals surface area contributed by atoms with E-state index >= 15 is 0 Å². The maximum absolute atomic E-state index is 13.4. The number of carbonyl (C=O) groups excluding carboxylic acids is 2. The average Bonchev–Trinajstić information content (AvgIpc) is 3.04. The van der Waals surface area contributed by atoms with Gasteiger partial charge in [0.15, 0.2) is 0 Å². The molecule has 0 unspecified atom stereocenters. The van der Waals surface area contributed by atoms with E-state index in [1.807, 2.05) is 47.6 Å². The molecule has 0 aliphatic carbocycles. The molecule has 6 nitrogen and oxygen atoms in total. The molecule has 0 bridgehead atoms. The van der Waals surface area contributed by atoms with Crippen LogP contribution in [0.25, 0.3) is 10.8 Å². The Labute approximate surface area is 188 Å². The van der Waals surface area contributed by atoms with Crippen LogP contribution in [0.3, 0.4) is 0 Å². The van der Waals surface area contributed by atoms with Gasteiger partial charge in [-0.3, -0.25) is 14.6 Å². The molecule has 1 saturated heterocycles. The van der Waals surface area contributed by atoms with Gasteiger partial charge in [0.05, 0.1) is 13.2 Å². The molecule has 1 N–H and O–H groups in total. The topological polar surface area (TPSA) is 71.5 Å². The number of nitrogens with zero attached hydrogens (tertiary/aromatic N) is 2.